The van der Waals surface area contributed by atoms with Gasteiger partial charge in [-0.3, -0.25) is 13.6 Å². The molecule has 2 heterocycles. The van der Waals surface area contributed by atoms with E-state index < -0.39 is 44.4 Å². The quantitative estimate of drug-likeness (QED) is 0.144. The molecule has 0 radical (unpaired) electrons. The molecule has 1 saturated heterocycles. The number of azide groups is 1. The first kappa shape index (κ1) is 24.1. The number of rotatable bonds is 8. The third kappa shape index (κ3) is 6.54. The van der Waals surface area contributed by atoms with E-state index in [2.05, 4.69) is 19.5 Å². The van der Waals surface area contributed by atoms with E-state index in [4.69, 9.17) is 20.5 Å². The number of nitrogens with zero attached hydrogens (tertiary/aromatic N) is 5. The molecule has 1 aromatic rings. The van der Waals surface area contributed by atoms with Gasteiger partial charge in [0.15, 0.2) is 0 Å². The van der Waals surface area contributed by atoms with E-state index in [1.54, 1.807) is 0 Å². The van der Waals surface area contributed by atoms with Gasteiger partial charge >= 0.3 is 43.1 Å². The second-order valence-electron chi connectivity index (χ2n) is 5.44. The SMILES string of the molecule is Cc1cn([C@H]2C[C@H](N=[N+]=[N-])[C@@H](COP(=O)(O)OCCN)O2)c(=O)nc1[O-].[Na+]. The van der Waals surface area contributed by atoms with Crippen LogP contribution in [-0.4, -0.2) is 46.3 Å². The monoisotopic (exact) mass is 412 g/mol. The summed E-state index contributed by atoms with van der Waals surface area (Å²) >= 11 is 0. The molecule has 144 valence electrons. The van der Waals surface area contributed by atoms with Crippen LogP contribution in [0, 0.1) is 6.92 Å². The fourth-order valence-corrected chi connectivity index (χ4v) is 3.10. The first-order valence-corrected chi connectivity index (χ1v) is 9.05. The number of phosphoric ester groups is 1. The number of hydrogen-bond acceptors (Lipinski definition) is 9. The molecule has 1 unspecified atom stereocenters. The summed E-state index contributed by atoms with van der Waals surface area (Å²) in [5.41, 5.74) is 13.3. The fraction of sp³-hybridized carbons (Fsp3) is 0.667. The number of nitrogens with two attached hydrogens (primary N) is 1. The maximum Gasteiger partial charge on any atom is 1.00 e. The number of aryl methyl sites for hydroxylation is 1. The number of aromatic nitrogens is 2. The fourth-order valence-electron chi connectivity index (χ4n) is 2.35. The smallest absolute Gasteiger partial charge is 0.858 e. The third-order valence-corrected chi connectivity index (χ3v) is 4.56. The average molecular weight is 412 g/mol. The Kier molecular flexibility index (Phi) is 9.39. The molecule has 1 fully saturated rings. The van der Waals surface area contributed by atoms with Crippen LogP contribution in [0.25, 0.3) is 10.4 Å². The van der Waals surface area contributed by atoms with Crippen molar-refractivity contribution in [2.75, 3.05) is 19.8 Å². The molecule has 0 spiro atoms. The van der Waals surface area contributed by atoms with Gasteiger partial charge in [0, 0.05) is 24.1 Å². The van der Waals surface area contributed by atoms with Crippen LogP contribution in [0.5, 0.6) is 5.88 Å². The Bertz CT molecular complexity index is 801. The predicted octanol–water partition coefficient (Wildman–Crippen LogP) is -3.31. The minimum atomic E-state index is -4.34. The molecule has 1 aliphatic rings. The predicted molar refractivity (Wildman–Crippen MR) is 84.9 cm³/mol. The molecule has 1 aliphatic heterocycles. The van der Waals surface area contributed by atoms with E-state index in [9.17, 15) is 19.4 Å². The normalized spacial score (nSPS) is 23.9. The summed E-state index contributed by atoms with van der Waals surface area (Å²) in [4.78, 5) is 27.5. The van der Waals surface area contributed by atoms with Gasteiger partial charge in [-0.2, -0.15) is 0 Å². The number of hydrogen-bond donors (Lipinski definition) is 2. The Labute approximate surface area is 176 Å². The van der Waals surface area contributed by atoms with Crippen LogP contribution in [0.4, 0.5) is 0 Å². The standard InChI is InChI=1S/C12H19N6O7P.Na/c1-7-5-18(12(20)15-11(7)19)10-4-8(16-17-14)9(25-10)6-24-26(21,22)23-3-2-13;/h5,8-10H,2-4,6,13H2,1H3,(H,21,22)(H,15,19,20);/q;+1/p-1/t8-,9+,10+;/m0./s1. The van der Waals surface area contributed by atoms with Gasteiger partial charge in [0.25, 0.3) is 0 Å². The Morgan fingerprint density at radius 3 is 2.96 bits per heavy atom. The summed E-state index contributed by atoms with van der Waals surface area (Å²) in [5.74, 6) is -0.644. The Hall–Kier alpha value is -0.980. The van der Waals surface area contributed by atoms with Crippen LogP contribution in [0.1, 0.15) is 18.2 Å². The molecule has 0 aromatic carbocycles. The van der Waals surface area contributed by atoms with Crippen LogP contribution < -0.4 is 46.1 Å². The Morgan fingerprint density at radius 1 is 1.63 bits per heavy atom. The summed E-state index contributed by atoms with van der Waals surface area (Å²) in [6.07, 6.45) is -0.394. The summed E-state index contributed by atoms with van der Waals surface area (Å²) in [7, 11) is -4.34. The Morgan fingerprint density at radius 2 is 2.33 bits per heavy atom. The van der Waals surface area contributed by atoms with Crippen LogP contribution in [-0.2, 0) is 18.3 Å². The molecular formula is C12H18N6NaO7P. The molecule has 13 nitrogen and oxygen atoms in total. The van der Waals surface area contributed by atoms with Gasteiger partial charge in [-0.05, 0) is 23.9 Å². The third-order valence-electron chi connectivity index (χ3n) is 3.58. The molecule has 2 rings (SSSR count). The molecule has 0 amide bonds. The van der Waals surface area contributed by atoms with Gasteiger partial charge < -0.3 is 20.5 Å². The van der Waals surface area contributed by atoms with Crippen molar-refractivity contribution in [2.45, 2.75) is 31.7 Å². The van der Waals surface area contributed by atoms with E-state index >= 15 is 0 Å². The topological polar surface area (TPSA) is 198 Å². The largest absolute Gasteiger partial charge is 1.00 e. The van der Waals surface area contributed by atoms with E-state index in [-0.39, 0.29) is 54.7 Å². The van der Waals surface area contributed by atoms with Crippen molar-refractivity contribution in [2.24, 2.45) is 10.8 Å². The van der Waals surface area contributed by atoms with Crippen molar-refractivity contribution in [3.05, 3.63) is 32.7 Å². The molecule has 15 heteroatoms. The van der Waals surface area contributed by atoms with Crippen LogP contribution in [0.2, 0.25) is 0 Å². The first-order chi connectivity index (χ1) is 12.3. The first-order valence-electron chi connectivity index (χ1n) is 7.56. The second kappa shape index (κ2) is 10.5. The summed E-state index contributed by atoms with van der Waals surface area (Å²) in [6.45, 7) is 0.924. The van der Waals surface area contributed by atoms with Gasteiger partial charge in [0.1, 0.15) is 6.23 Å². The molecule has 3 N–H and O–H groups in total. The molecule has 0 aliphatic carbocycles. The van der Waals surface area contributed by atoms with Crippen molar-refractivity contribution in [1.29, 1.82) is 0 Å². The zero-order chi connectivity index (χ0) is 19.3. The second-order valence-corrected chi connectivity index (χ2v) is 6.90. The molecule has 4 atom stereocenters. The molecule has 1 aromatic heterocycles. The maximum absolute atomic E-state index is 11.9. The average Bonchev–Trinajstić information content (AvgIpc) is 2.98. The van der Waals surface area contributed by atoms with Crippen molar-refractivity contribution in [1.82, 2.24) is 9.55 Å². The van der Waals surface area contributed by atoms with E-state index in [1.807, 2.05) is 0 Å². The molecular weight excluding hydrogens is 394 g/mol. The van der Waals surface area contributed by atoms with Crippen LogP contribution in [0.15, 0.2) is 16.1 Å². The Balaban J connectivity index is 0.00000364. The van der Waals surface area contributed by atoms with E-state index in [1.165, 1.54) is 13.1 Å². The summed E-state index contributed by atoms with van der Waals surface area (Å²) in [5, 5.41) is 15.0. The van der Waals surface area contributed by atoms with Gasteiger partial charge in [-0.1, -0.05) is 5.11 Å². The van der Waals surface area contributed by atoms with Gasteiger partial charge in [0.2, 0.25) is 0 Å². The van der Waals surface area contributed by atoms with Crippen LogP contribution in [0.3, 0.4) is 0 Å². The zero-order valence-electron chi connectivity index (χ0n) is 14.8. The van der Waals surface area contributed by atoms with Gasteiger partial charge in [0.05, 0.1) is 25.4 Å². The molecule has 0 bridgehead atoms. The van der Waals surface area contributed by atoms with Gasteiger partial charge in [-0.25, -0.2) is 14.3 Å². The number of phosphoric acid groups is 1. The zero-order valence-corrected chi connectivity index (χ0v) is 17.7. The van der Waals surface area contributed by atoms with Crippen molar-refractivity contribution in [3.63, 3.8) is 0 Å². The minimum Gasteiger partial charge on any atom is -0.858 e. The summed E-state index contributed by atoms with van der Waals surface area (Å²) < 4.78 is 27.8. The van der Waals surface area contributed by atoms with Crippen molar-refractivity contribution in [3.8, 4) is 5.88 Å². The maximum atomic E-state index is 11.9. The minimum absolute atomic E-state index is 0. The molecule has 0 saturated carbocycles. The summed E-state index contributed by atoms with van der Waals surface area (Å²) in [6, 6.07) is -0.765. The van der Waals surface area contributed by atoms with Crippen LogP contribution >= 0.6 is 7.82 Å². The van der Waals surface area contributed by atoms with E-state index in [0.29, 0.717) is 0 Å². The molecule has 27 heavy (non-hydrogen) atoms. The van der Waals surface area contributed by atoms with Crippen molar-refractivity contribution >= 4 is 7.82 Å². The number of ether oxygens (including phenoxy) is 1. The van der Waals surface area contributed by atoms with Gasteiger partial charge in [-0.15, -0.1) is 0 Å². The van der Waals surface area contributed by atoms with E-state index in [0.717, 1.165) is 4.57 Å². The van der Waals surface area contributed by atoms with Crippen molar-refractivity contribution < 1.29 is 57.9 Å².